The molecule has 0 amide bonds. The molecule has 0 aliphatic rings. The fourth-order valence-electron chi connectivity index (χ4n) is 1.59. The first kappa shape index (κ1) is 14.8. The van der Waals surface area contributed by atoms with Crippen LogP contribution >= 0.6 is 15.9 Å². The van der Waals surface area contributed by atoms with Gasteiger partial charge in [-0.2, -0.15) is 13.2 Å². The second kappa shape index (κ2) is 5.80. The maximum absolute atomic E-state index is 12.9. The van der Waals surface area contributed by atoms with E-state index in [9.17, 15) is 13.2 Å². The minimum atomic E-state index is -4.55. The molecule has 0 radical (unpaired) electrons. The van der Waals surface area contributed by atoms with Crippen LogP contribution in [0.25, 0.3) is 0 Å². The van der Waals surface area contributed by atoms with E-state index in [0.29, 0.717) is 5.56 Å². The van der Waals surface area contributed by atoms with Gasteiger partial charge >= 0.3 is 6.18 Å². The van der Waals surface area contributed by atoms with Crippen LogP contribution in [0, 0.1) is 0 Å². The van der Waals surface area contributed by atoms with Crippen molar-refractivity contribution >= 4 is 15.9 Å². The monoisotopic (exact) mass is 346 g/mol. The van der Waals surface area contributed by atoms with Crippen LogP contribution in [0.5, 0.6) is 11.6 Å². The van der Waals surface area contributed by atoms with Gasteiger partial charge in [0.1, 0.15) is 11.3 Å². The SMILES string of the molecule is NCc1ccccc1Oc1ncc(Br)cc1C(F)(F)F. The van der Waals surface area contributed by atoms with Crippen molar-refractivity contribution < 1.29 is 17.9 Å². The molecule has 20 heavy (non-hydrogen) atoms. The molecule has 2 N–H and O–H groups in total. The summed E-state index contributed by atoms with van der Waals surface area (Å²) in [5.41, 5.74) is 5.18. The van der Waals surface area contributed by atoms with Gasteiger partial charge in [0.15, 0.2) is 0 Å². The van der Waals surface area contributed by atoms with E-state index in [1.54, 1.807) is 24.3 Å². The predicted octanol–water partition coefficient (Wildman–Crippen LogP) is 4.11. The van der Waals surface area contributed by atoms with Crippen LogP contribution in [0.1, 0.15) is 11.1 Å². The summed E-state index contributed by atoms with van der Waals surface area (Å²) in [6, 6.07) is 7.54. The minimum absolute atomic E-state index is 0.161. The summed E-state index contributed by atoms with van der Waals surface area (Å²) < 4.78 is 44.4. The number of nitrogens with zero attached hydrogens (tertiary/aromatic N) is 1. The smallest absolute Gasteiger partial charge is 0.421 e. The Balaban J connectivity index is 2.44. The van der Waals surface area contributed by atoms with E-state index in [1.165, 1.54) is 6.20 Å². The van der Waals surface area contributed by atoms with Crippen LogP contribution in [-0.2, 0) is 12.7 Å². The highest BCUT2D eigenvalue weighted by molar-refractivity contribution is 9.10. The number of pyridine rings is 1. The molecular weight excluding hydrogens is 337 g/mol. The van der Waals surface area contributed by atoms with Crippen molar-refractivity contribution in [3.05, 3.63) is 52.1 Å². The van der Waals surface area contributed by atoms with E-state index in [2.05, 4.69) is 20.9 Å². The third-order valence-corrected chi connectivity index (χ3v) is 2.96. The number of rotatable bonds is 3. The number of hydrogen-bond acceptors (Lipinski definition) is 3. The highest BCUT2D eigenvalue weighted by atomic mass is 79.9. The van der Waals surface area contributed by atoms with Gasteiger partial charge in [-0.05, 0) is 28.1 Å². The molecule has 0 aliphatic heterocycles. The Morgan fingerprint density at radius 2 is 1.95 bits per heavy atom. The van der Waals surface area contributed by atoms with Gasteiger partial charge in [-0.25, -0.2) is 4.98 Å². The van der Waals surface area contributed by atoms with Gasteiger partial charge in [-0.1, -0.05) is 18.2 Å². The molecule has 0 saturated carbocycles. The van der Waals surface area contributed by atoms with E-state index in [4.69, 9.17) is 10.5 Å². The van der Waals surface area contributed by atoms with Crippen molar-refractivity contribution in [3.63, 3.8) is 0 Å². The van der Waals surface area contributed by atoms with E-state index < -0.39 is 17.6 Å². The zero-order valence-corrected chi connectivity index (χ0v) is 11.7. The number of ether oxygens (including phenoxy) is 1. The minimum Gasteiger partial charge on any atom is -0.438 e. The van der Waals surface area contributed by atoms with Crippen LogP contribution in [0.4, 0.5) is 13.2 Å². The normalized spacial score (nSPS) is 11.4. The first-order valence-electron chi connectivity index (χ1n) is 5.60. The largest absolute Gasteiger partial charge is 0.438 e. The maximum atomic E-state index is 12.9. The Morgan fingerprint density at radius 1 is 1.25 bits per heavy atom. The van der Waals surface area contributed by atoms with E-state index >= 15 is 0 Å². The van der Waals surface area contributed by atoms with Crippen LogP contribution in [0.15, 0.2) is 41.0 Å². The average Bonchev–Trinajstić information content (AvgIpc) is 2.40. The molecule has 1 aromatic carbocycles. The summed E-state index contributed by atoms with van der Waals surface area (Å²) >= 11 is 2.96. The number of halogens is 4. The molecule has 3 nitrogen and oxygen atoms in total. The fourth-order valence-corrected chi connectivity index (χ4v) is 1.92. The Kier molecular flexibility index (Phi) is 4.29. The summed E-state index contributed by atoms with van der Waals surface area (Å²) in [4.78, 5) is 3.69. The third-order valence-electron chi connectivity index (χ3n) is 2.52. The number of para-hydroxylation sites is 1. The summed E-state index contributed by atoms with van der Waals surface area (Å²) in [6.45, 7) is 0.161. The molecule has 7 heteroatoms. The number of benzene rings is 1. The zero-order valence-electron chi connectivity index (χ0n) is 10.1. The molecule has 1 heterocycles. The van der Waals surface area contributed by atoms with Gasteiger partial charge in [0, 0.05) is 22.8 Å². The summed E-state index contributed by atoms with van der Waals surface area (Å²) in [6.07, 6.45) is -3.31. The molecule has 0 atom stereocenters. The molecule has 106 valence electrons. The van der Waals surface area contributed by atoms with E-state index in [1.807, 2.05) is 0 Å². The number of aromatic nitrogens is 1. The first-order valence-corrected chi connectivity index (χ1v) is 6.39. The van der Waals surface area contributed by atoms with Crippen molar-refractivity contribution in [3.8, 4) is 11.6 Å². The number of alkyl halides is 3. The van der Waals surface area contributed by atoms with Crippen molar-refractivity contribution in [1.29, 1.82) is 0 Å². The van der Waals surface area contributed by atoms with Gasteiger partial charge in [0.25, 0.3) is 0 Å². The Labute approximate surface area is 121 Å². The van der Waals surface area contributed by atoms with Gasteiger partial charge in [-0.15, -0.1) is 0 Å². The van der Waals surface area contributed by atoms with Crippen molar-refractivity contribution in [2.45, 2.75) is 12.7 Å². The summed E-state index contributed by atoms with van der Waals surface area (Å²) in [5.74, 6) is -0.239. The van der Waals surface area contributed by atoms with Crippen LogP contribution in [0.3, 0.4) is 0 Å². The quantitative estimate of drug-likeness (QED) is 0.909. The Hall–Kier alpha value is -1.60. The number of nitrogens with two attached hydrogens (primary N) is 1. The van der Waals surface area contributed by atoms with Crippen LogP contribution in [0.2, 0.25) is 0 Å². The molecule has 0 spiro atoms. The van der Waals surface area contributed by atoms with Crippen molar-refractivity contribution in [1.82, 2.24) is 4.98 Å². The van der Waals surface area contributed by atoms with Crippen molar-refractivity contribution in [2.24, 2.45) is 5.73 Å². The molecule has 1 aromatic heterocycles. The number of hydrogen-bond donors (Lipinski definition) is 1. The Morgan fingerprint density at radius 3 is 2.60 bits per heavy atom. The fraction of sp³-hybridized carbons (Fsp3) is 0.154. The van der Waals surface area contributed by atoms with Gasteiger partial charge in [-0.3, -0.25) is 0 Å². The summed E-state index contributed by atoms with van der Waals surface area (Å²) in [5, 5.41) is 0. The standard InChI is InChI=1S/C13H10BrF3N2O/c14-9-5-10(13(15,16)17)12(19-7-9)20-11-4-2-1-3-8(11)6-18/h1-5,7H,6,18H2. The van der Waals surface area contributed by atoms with E-state index in [0.717, 1.165) is 6.07 Å². The first-order chi connectivity index (χ1) is 9.41. The second-order valence-electron chi connectivity index (χ2n) is 3.92. The van der Waals surface area contributed by atoms with Gasteiger partial charge < -0.3 is 10.5 Å². The average molecular weight is 347 g/mol. The second-order valence-corrected chi connectivity index (χ2v) is 4.83. The predicted molar refractivity (Wildman–Crippen MR) is 71.3 cm³/mol. The van der Waals surface area contributed by atoms with E-state index in [-0.39, 0.29) is 16.8 Å². The molecule has 2 aromatic rings. The lowest BCUT2D eigenvalue weighted by Crippen LogP contribution is -2.09. The molecule has 0 bridgehead atoms. The lowest BCUT2D eigenvalue weighted by molar-refractivity contribution is -0.138. The molecule has 0 saturated heterocycles. The Bertz CT molecular complexity index is 617. The molecule has 0 aliphatic carbocycles. The maximum Gasteiger partial charge on any atom is 0.421 e. The highest BCUT2D eigenvalue weighted by Crippen LogP contribution is 2.38. The zero-order chi connectivity index (χ0) is 14.8. The topological polar surface area (TPSA) is 48.1 Å². The summed E-state index contributed by atoms with van der Waals surface area (Å²) in [7, 11) is 0. The highest BCUT2D eigenvalue weighted by Gasteiger charge is 2.36. The molecule has 0 fully saturated rings. The molecule has 0 unspecified atom stereocenters. The molecular formula is C13H10BrF3N2O. The van der Waals surface area contributed by atoms with Crippen LogP contribution in [-0.4, -0.2) is 4.98 Å². The third kappa shape index (κ3) is 3.29. The van der Waals surface area contributed by atoms with Crippen molar-refractivity contribution in [2.75, 3.05) is 0 Å². The van der Waals surface area contributed by atoms with Gasteiger partial charge in [0.2, 0.25) is 5.88 Å². The van der Waals surface area contributed by atoms with Gasteiger partial charge in [0.05, 0.1) is 0 Å². The van der Waals surface area contributed by atoms with Crippen LogP contribution < -0.4 is 10.5 Å². The lowest BCUT2D eigenvalue weighted by Gasteiger charge is -2.14. The lowest BCUT2D eigenvalue weighted by atomic mass is 10.2. The molecule has 2 rings (SSSR count).